The molecule has 0 saturated carbocycles. The highest BCUT2D eigenvalue weighted by Crippen LogP contribution is 2.18. The van der Waals surface area contributed by atoms with Gasteiger partial charge in [0.2, 0.25) is 10.0 Å². The van der Waals surface area contributed by atoms with Gasteiger partial charge in [0.1, 0.15) is 0 Å². The number of hydrogen-bond acceptors (Lipinski definition) is 4. The topological polar surface area (TPSA) is 63.7 Å². The third-order valence-electron chi connectivity index (χ3n) is 2.48. The normalized spacial score (nSPS) is 11.6. The van der Waals surface area contributed by atoms with Crippen molar-refractivity contribution in [3.8, 4) is 0 Å². The van der Waals surface area contributed by atoms with Crippen LogP contribution in [0.15, 0.2) is 23.1 Å². The molecule has 0 saturated heterocycles. The summed E-state index contributed by atoms with van der Waals surface area (Å²) in [6.07, 6.45) is 0. The molecule has 0 bridgehead atoms. The van der Waals surface area contributed by atoms with Crippen LogP contribution in [0.5, 0.6) is 0 Å². The lowest BCUT2D eigenvalue weighted by molar-refractivity contribution is 0.0525. The fourth-order valence-electron chi connectivity index (χ4n) is 1.40. The van der Waals surface area contributed by atoms with Crippen molar-refractivity contribution in [2.75, 3.05) is 20.7 Å². The maximum absolute atomic E-state index is 11.9. The van der Waals surface area contributed by atoms with Gasteiger partial charge in [-0.2, -0.15) is 0 Å². The first-order valence-corrected chi connectivity index (χ1v) is 6.95. The van der Waals surface area contributed by atoms with Crippen molar-refractivity contribution in [2.24, 2.45) is 0 Å². The van der Waals surface area contributed by atoms with Gasteiger partial charge in [-0.3, -0.25) is 0 Å². The zero-order valence-electron chi connectivity index (χ0n) is 10.9. The lowest BCUT2D eigenvalue weighted by Gasteiger charge is -2.13. The van der Waals surface area contributed by atoms with E-state index in [0.29, 0.717) is 5.56 Å². The van der Waals surface area contributed by atoms with E-state index in [2.05, 4.69) is 0 Å². The molecule has 100 valence electrons. The van der Waals surface area contributed by atoms with Gasteiger partial charge in [-0.1, -0.05) is 6.07 Å². The van der Waals surface area contributed by atoms with Crippen LogP contribution in [-0.2, 0) is 14.8 Å². The molecule has 0 aliphatic heterocycles. The Kier molecular flexibility index (Phi) is 4.48. The second-order valence-corrected chi connectivity index (χ2v) is 6.14. The van der Waals surface area contributed by atoms with Gasteiger partial charge in [-0.25, -0.2) is 17.5 Å². The molecule has 0 atom stereocenters. The highest BCUT2D eigenvalue weighted by Gasteiger charge is 2.20. The lowest BCUT2D eigenvalue weighted by atomic mass is 10.1. The molecule has 1 aromatic rings. The molecule has 0 fully saturated rings. The van der Waals surface area contributed by atoms with Crippen LogP contribution in [0.3, 0.4) is 0 Å². The zero-order chi connectivity index (χ0) is 13.9. The molecule has 5 nitrogen and oxygen atoms in total. The summed E-state index contributed by atoms with van der Waals surface area (Å²) in [6, 6.07) is 4.43. The zero-order valence-corrected chi connectivity index (χ0v) is 11.7. The number of carbonyl (C=O) groups is 1. The highest BCUT2D eigenvalue weighted by molar-refractivity contribution is 7.89. The van der Waals surface area contributed by atoms with Gasteiger partial charge in [0.25, 0.3) is 0 Å². The summed E-state index contributed by atoms with van der Waals surface area (Å²) in [5.41, 5.74) is 0.964. The van der Waals surface area contributed by atoms with Crippen molar-refractivity contribution in [1.29, 1.82) is 0 Å². The van der Waals surface area contributed by atoms with Crippen molar-refractivity contribution in [3.63, 3.8) is 0 Å². The van der Waals surface area contributed by atoms with Crippen molar-refractivity contribution >= 4 is 16.0 Å². The van der Waals surface area contributed by atoms with Crippen molar-refractivity contribution in [2.45, 2.75) is 18.7 Å². The molecule has 0 aliphatic rings. The van der Waals surface area contributed by atoms with Crippen LogP contribution >= 0.6 is 0 Å². The fraction of sp³-hybridized carbons (Fsp3) is 0.417. The van der Waals surface area contributed by atoms with E-state index < -0.39 is 16.0 Å². The van der Waals surface area contributed by atoms with Gasteiger partial charge >= 0.3 is 5.97 Å². The minimum absolute atomic E-state index is 0.0844. The Balaban J connectivity index is 3.29. The standard InChI is InChI=1S/C12H17NO4S/c1-5-17-12(14)11-8-10(7-6-9(11)2)18(15,16)13(3)4/h6-8H,5H2,1-4H3. The molecule has 0 spiro atoms. The molecule has 0 N–H and O–H groups in total. The summed E-state index contributed by atoms with van der Waals surface area (Å²) in [7, 11) is -0.652. The van der Waals surface area contributed by atoms with Crippen LogP contribution in [0, 0.1) is 6.92 Å². The third kappa shape index (κ3) is 2.88. The van der Waals surface area contributed by atoms with E-state index in [1.807, 2.05) is 0 Å². The van der Waals surface area contributed by atoms with Crippen molar-refractivity contribution < 1.29 is 17.9 Å². The molecular formula is C12H17NO4S. The number of benzene rings is 1. The molecule has 1 aromatic carbocycles. The summed E-state index contributed by atoms with van der Waals surface area (Å²) in [5.74, 6) is -0.509. The molecule has 0 heterocycles. The van der Waals surface area contributed by atoms with Gasteiger partial charge in [-0.15, -0.1) is 0 Å². The van der Waals surface area contributed by atoms with Gasteiger partial charge in [0, 0.05) is 14.1 Å². The minimum Gasteiger partial charge on any atom is -0.462 e. The van der Waals surface area contributed by atoms with E-state index in [1.165, 1.54) is 26.2 Å². The van der Waals surface area contributed by atoms with E-state index in [0.717, 1.165) is 4.31 Å². The average Bonchev–Trinajstić information content (AvgIpc) is 2.29. The second-order valence-electron chi connectivity index (χ2n) is 3.98. The first-order valence-electron chi connectivity index (χ1n) is 5.51. The van der Waals surface area contributed by atoms with Gasteiger partial charge in [0.05, 0.1) is 17.1 Å². The molecule has 0 aliphatic carbocycles. The maximum Gasteiger partial charge on any atom is 0.338 e. The van der Waals surface area contributed by atoms with E-state index >= 15 is 0 Å². The summed E-state index contributed by atoms with van der Waals surface area (Å²) >= 11 is 0. The Bertz CT molecular complexity index is 549. The lowest BCUT2D eigenvalue weighted by Crippen LogP contribution is -2.22. The molecular weight excluding hydrogens is 254 g/mol. The number of aryl methyl sites for hydroxylation is 1. The Labute approximate surface area is 107 Å². The van der Waals surface area contributed by atoms with E-state index in [4.69, 9.17) is 4.74 Å². The van der Waals surface area contributed by atoms with Gasteiger partial charge < -0.3 is 4.74 Å². The predicted molar refractivity (Wildman–Crippen MR) is 68.0 cm³/mol. The Morgan fingerprint density at radius 3 is 2.44 bits per heavy atom. The number of nitrogens with zero attached hydrogens (tertiary/aromatic N) is 1. The second kappa shape index (κ2) is 5.49. The molecule has 0 aromatic heterocycles. The summed E-state index contributed by atoms with van der Waals surface area (Å²) < 4.78 is 29.9. The maximum atomic E-state index is 11.9. The van der Waals surface area contributed by atoms with Crippen LogP contribution in [-0.4, -0.2) is 39.4 Å². The number of rotatable bonds is 4. The quantitative estimate of drug-likeness (QED) is 0.777. The number of ether oxygens (including phenoxy) is 1. The fourth-order valence-corrected chi connectivity index (χ4v) is 2.33. The largest absolute Gasteiger partial charge is 0.462 e. The van der Waals surface area contributed by atoms with Crippen LogP contribution in [0.25, 0.3) is 0 Å². The molecule has 0 amide bonds. The molecule has 18 heavy (non-hydrogen) atoms. The van der Waals surface area contributed by atoms with Crippen LogP contribution in [0.4, 0.5) is 0 Å². The van der Waals surface area contributed by atoms with Crippen LogP contribution in [0.1, 0.15) is 22.8 Å². The summed E-state index contributed by atoms with van der Waals surface area (Å²) in [5, 5.41) is 0. The molecule has 1 rings (SSSR count). The van der Waals surface area contributed by atoms with Crippen LogP contribution < -0.4 is 0 Å². The smallest absolute Gasteiger partial charge is 0.338 e. The Hall–Kier alpha value is -1.40. The van der Waals surface area contributed by atoms with Crippen molar-refractivity contribution in [1.82, 2.24) is 4.31 Å². The first-order chi connectivity index (χ1) is 8.30. The number of sulfonamides is 1. The Morgan fingerprint density at radius 1 is 1.33 bits per heavy atom. The minimum atomic E-state index is -3.54. The average molecular weight is 271 g/mol. The first kappa shape index (κ1) is 14.7. The molecule has 0 unspecified atom stereocenters. The van der Waals surface area contributed by atoms with E-state index in [1.54, 1.807) is 19.9 Å². The van der Waals surface area contributed by atoms with Crippen LogP contribution in [0.2, 0.25) is 0 Å². The SMILES string of the molecule is CCOC(=O)c1cc(S(=O)(=O)N(C)C)ccc1C. The number of esters is 1. The Morgan fingerprint density at radius 2 is 1.94 bits per heavy atom. The summed E-state index contributed by atoms with van der Waals surface area (Å²) in [4.78, 5) is 11.8. The number of hydrogen-bond donors (Lipinski definition) is 0. The van der Waals surface area contributed by atoms with Gasteiger partial charge in [0.15, 0.2) is 0 Å². The van der Waals surface area contributed by atoms with E-state index in [9.17, 15) is 13.2 Å². The highest BCUT2D eigenvalue weighted by atomic mass is 32.2. The molecule has 6 heteroatoms. The molecule has 0 radical (unpaired) electrons. The van der Waals surface area contributed by atoms with E-state index in [-0.39, 0.29) is 17.1 Å². The third-order valence-corrected chi connectivity index (χ3v) is 4.29. The van der Waals surface area contributed by atoms with Gasteiger partial charge in [-0.05, 0) is 31.5 Å². The predicted octanol–water partition coefficient (Wildman–Crippen LogP) is 1.42. The number of carbonyl (C=O) groups excluding carboxylic acids is 1. The summed E-state index contributed by atoms with van der Waals surface area (Å²) in [6.45, 7) is 3.69. The monoisotopic (exact) mass is 271 g/mol. The van der Waals surface area contributed by atoms with Crippen molar-refractivity contribution in [3.05, 3.63) is 29.3 Å².